The fourth-order valence-corrected chi connectivity index (χ4v) is 3.02. The summed E-state index contributed by atoms with van der Waals surface area (Å²) in [6.07, 6.45) is 0. The maximum Gasteiger partial charge on any atom is 0.267 e. The Labute approximate surface area is 115 Å². The molecule has 0 bridgehead atoms. The van der Waals surface area contributed by atoms with Crippen molar-refractivity contribution in [3.8, 4) is 0 Å². The minimum atomic E-state index is -0.506. The molecule has 7 heteroatoms. The van der Waals surface area contributed by atoms with Crippen molar-refractivity contribution in [2.45, 2.75) is 26.6 Å². The van der Waals surface area contributed by atoms with Gasteiger partial charge in [-0.3, -0.25) is 4.79 Å². The van der Waals surface area contributed by atoms with E-state index >= 15 is 0 Å². The lowest BCUT2D eigenvalue weighted by atomic mass is 9.80. The van der Waals surface area contributed by atoms with Crippen LogP contribution in [-0.2, 0) is 9.47 Å². The first-order valence-electron chi connectivity index (χ1n) is 6.27. The summed E-state index contributed by atoms with van der Waals surface area (Å²) in [7, 11) is 0. The SMILES string of the molecule is Cc1nnsc1C(=O)N1CC2(COC(C)(C)OC2)C1. The number of rotatable bonds is 1. The molecule has 6 nitrogen and oxygen atoms in total. The average Bonchev–Trinajstić information content (AvgIpc) is 2.72. The van der Waals surface area contributed by atoms with Gasteiger partial charge in [0.1, 0.15) is 4.88 Å². The van der Waals surface area contributed by atoms with Gasteiger partial charge in [0, 0.05) is 13.1 Å². The number of hydrogen-bond acceptors (Lipinski definition) is 6. The molecule has 2 fully saturated rings. The highest BCUT2D eigenvalue weighted by atomic mass is 32.1. The predicted octanol–water partition coefficient (Wildman–Crippen LogP) is 1.07. The summed E-state index contributed by atoms with van der Waals surface area (Å²) < 4.78 is 15.2. The van der Waals surface area contributed by atoms with Crippen LogP contribution in [0.4, 0.5) is 0 Å². The van der Waals surface area contributed by atoms with E-state index in [0.29, 0.717) is 36.9 Å². The number of carbonyl (C=O) groups excluding carboxylic acids is 1. The van der Waals surface area contributed by atoms with Crippen LogP contribution in [0.5, 0.6) is 0 Å². The minimum Gasteiger partial charge on any atom is -0.350 e. The molecule has 3 rings (SSSR count). The van der Waals surface area contributed by atoms with Crippen molar-refractivity contribution in [2.24, 2.45) is 5.41 Å². The van der Waals surface area contributed by atoms with Crippen LogP contribution < -0.4 is 0 Å². The van der Waals surface area contributed by atoms with E-state index in [1.807, 2.05) is 25.7 Å². The molecule has 0 saturated carbocycles. The van der Waals surface area contributed by atoms with Crippen molar-refractivity contribution in [3.05, 3.63) is 10.6 Å². The molecule has 2 aliphatic heterocycles. The Balaban J connectivity index is 1.62. The van der Waals surface area contributed by atoms with E-state index in [2.05, 4.69) is 9.59 Å². The molecule has 0 radical (unpaired) electrons. The fourth-order valence-electron chi connectivity index (χ4n) is 2.40. The first-order valence-corrected chi connectivity index (χ1v) is 7.04. The Morgan fingerprint density at radius 3 is 2.47 bits per heavy atom. The summed E-state index contributed by atoms with van der Waals surface area (Å²) in [6, 6.07) is 0. The van der Waals surface area contributed by atoms with E-state index in [0.717, 1.165) is 11.5 Å². The van der Waals surface area contributed by atoms with Gasteiger partial charge in [-0.25, -0.2) is 0 Å². The molecular weight excluding hydrogens is 266 g/mol. The van der Waals surface area contributed by atoms with E-state index in [4.69, 9.17) is 9.47 Å². The van der Waals surface area contributed by atoms with Crippen molar-refractivity contribution >= 4 is 17.4 Å². The molecule has 19 heavy (non-hydrogen) atoms. The van der Waals surface area contributed by atoms with E-state index in [1.54, 1.807) is 0 Å². The van der Waals surface area contributed by atoms with Crippen LogP contribution in [0.2, 0.25) is 0 Å². The second-order valence-corrected chi connectivity index (χ2v) is 6.58. The molecule has 2 saturated heterocycles. The first-order chi connectivity index (χ1) is 8.91. The van der Waals surface area contributed by atoms with Gasteiger partial charge in [0.15, 0.2) is 5.79 Å². The summed E-state index contributed by atoms with van der Waals surface area (Å²) in [4.78, 5) is 14.7. The van der Waals surface area contributed by atoms with E-state index in [1.165, 1.54) is 0 Å². The third kappa shape index (κ3) is 2.26. The summed E-state index contributed by atoms with van der Waals surface area (Å²) >= 11 is 1.16. The largest absolute Gasteiger partial charge is 0.350 e. The number of nitrogens with zero attached hydrogens (tertiary/aromatic N) is 3. The quantitative estimate of drug-likeness (QED) is 0.771. The highest BCUT2D eigenvalue weighted by Crippen LogP contribution is 2.38. The van der Waals surface area contributed by atoms with Crippen molar-refractivity contribution in [3.63, 3.8) is 0 Å². The normalized spacial score (nSPS) is 24.3. The van der Waals surface area contributed by atoms with Crippen LogP contribution >= 0.6 is 11.5 Å². The third-order valence-corrected chi connectivity index (χ3v) is 4.45. The van der Waals surface area contributed by atoms with Crippen molar-refractivity contribution in [1.82, 2.24) is 14.5 Å². The highest BCUT2D eigenvalue weighted by Gasteiger charge is 2.50. The molecule has 1 amide bonds. The zero-order valence-electron chi connectivity index (χ0n) is 11.3. The van der Waals surface area contributed by atoms with Gasteiger partial charge in [-0.2, -0.15) is 0 Å². The lowest BCUT2D eigenvalue weighted by Gasteiger charge is -2.53. The van der Waals surface area contributed by atoms with Gasteiger partial charge in [-0.1, -0.05) is 4.49 Å². The molecule has 2 aliphatic rings. The monoisotopic (exact) mass is 283 g/mol. The summed E-state index contributed by atoms with van der Waals surface area (Å²) in [5.74, 6) is -0.489. The molecular formula is C12H17N3O3S. The standard InChI is InChI=1S/C12H17N3O3S/c1-8-9(19-14-13-8)10(16)15-4-12(5-15)6-17-11(2,3)18-7-12/h4-7H2,1-3H3. The molecule has 0 aromatic carbocycles. The zero-order valence-corrected chi connectivity index (χ0v) is 12.1. The van der Waals surface area contributed by atoms with Crippen LogP contribution in [0.1, 0.15) is 29.2 Å². The number of hydrogen-bond donors (Lipinski definition) is 0. The Bertz CT molecular complexity index is 496. The lowest BCUT2D eigenvalue weighted by Crippen LogP contribution is -2.65. The topological polar surface area (TPSA) is 64.6 Å². The Morgan fingerprint density at radius 2 is 1.95 bits per heavy atom. The maximum absolute atomic E-state index is 12.2. The number of carbonyl (C=O) groups is 1. The van der Waals surface area contributed by atoms with Crippen molar-refractivity contribution in [2.75, 3.05) is 26.3 Å². The van der Waals surface area contributed by atoms with Gasteiger partial charge in [-0.05, 0) is 32.3 Å². The van der Waals surface area contributed by atoms with Crippen LogP contribution in [0.15, 0.2) is 0 Å². The summed E-state index contributed by atoms with van der Waals surface area (Å²) in [5.41, 5.74) is 0.672. The predicted molar refractivity (Wildman–Crippen MR) is 69.0 cm³/mol. The summed E-state index contributed by atoms with van der Waals surface area (Å²) in [5, 5.41) is 3.87. The van der Waals surface area contributed by atoms with Crippen molar-refractivity contribution < 1.29 is 14.3 Å². The molecule has 1 aromatic rings. The van der Waals surface area contributed by atoms with E-state index in [9.17, 15) is 4.79 Å². The average molecular weight is 283 g/mol. The fraction of sp³-hybridized carbons (Fsp3) is 0.750. The molecule has 0 aliphatic carbocycles. The van der Waals surface area contributed by atoms with E-state index in [-0.39, 0.29) is 11.3 Å². The van der Waals surface area contributed by atoms with Crippen LogP contribution in [0.25, 0.3) is 0 Å². The van der Waals surface area contributed by atoms with Gasteiger partial charge in [0.25, 0.3) is 5.91 Å². The second kappa shape index (κ2) is 4.22. The summed E-state index contributed by atoms with van der Waals surface area (Å²) in [6.45, 7) is 8.27. The number of aryl methyl sites for hydroxylation is 1. The first kappa shape index (κ1) is 13.0. The molecule has 0 unspecified atom stereocenters. The smallest absolute Gasteiger partial charge is 0.267 e. The Hall–Kier alpha value is -1.05. The molecule has 0 atom stereocenters. The third-order valence-electron chi connectivity index (χ3n) is 3.64. The van der Waals surface area contributed by atoms with E-state index < -0.39 is 5.79 Å². The lowest BCUT2D eigenvalue weighted by molar-refractivity contribution is -0.301. The van der Waals surface area contributed by atoms with Gasteiger partial charge in [0.05, 0.1) is 24.3 Å². The maximum atomic E-state index is 12.2. The molecule has 1 aromatic heterocycles. The van der Waals surface area contributed by atoms with Gasteiger partial charge >= 0.3 is 0 Å². The molecule has 0 N–H and O–H groups in total. The van der Waals surface area contributed by atoms with Gasteiger partial charge < -0.3 is 14.4 Å². The number of ether oxygens (including phenoxy) is 2. The Morgan fingerprint density at radius 1 is 1.32 bits per heavy atom. The van der Waals surface area contributed by atoms with Gasteiger partial charge in [-0.15, -0.1) is 5.10 Å². The molecule has 104 valence electrons. The Kier molecular flexibility index (Phi) is 2.88. The van der Waals surface area contributed by atoms with Crippen LogP contribution in [-0.4, -0.2) is 52.5 Å². The van der Waals surface area contributed by atoms with Crippen LogP contribution in [0, 0.1) is 12.3 Å². The highest BCUT2D eigenvalue weighted by molar-refractivity contribution is 7.07. The zero-order chi connectivity index (χ0) is 13.7. The molecule has 1 spiro atoms. The van der Waals surface area contributed by atoms with Crippen LogP contribution in [0.3, 0.4) is 0 Å². The second-order valence-electron chi connectivity index (χ2n) is 5.83. The number of amides is 1. The number of likely N-dealkylation sites (tertiary alicyclic amines) is 1. The minimum absolute atomic E-state index is 0.0166. The van der Waals surface area contributed by atoms with Crippen molar-refractivity contribution in [1.29, 1.82) is 0 Å². The molecule has 3 heterocycles. The number of aromatic nitrogens is 2. The van der Waals surface area contributed by atoms with Gasteiger partial charge in [0.2, 0.25) is 0 Å².